The van der Waals surface area contributed by atoms with Gasteiger partial charge in [-0.1, -0.05) is 13.8 Å². The second kappa shape index (κ2) is 4.74. The van der Waals surface area contributed by atoms with Crippen molar-refractivity contribution < 1.29 is 4.79 Å². The molecule has 0 aromatic carbocycles. The number of pyridine rings is 1. The van der Waals surface area contributed by atoms with Crippen molar-refractivity contribution in [2.45, 2.75) is 26.7 Å². The highest BCUT2D eigenvalue weighted by Gasteiger charge is 2.32. The molecule has 102 valence electrons. The number of Topliss-reactive ketones (excluding diaryl/α,β-unsaturated/α-hetero) is 1. The van der Waals surface area contributed by atoms with Crippen LogP contribution in [0, 0.1) is 5.41 Å². The van der Waals surface area contributed by atoms with Crippen LogP contribution in [0.2, 0.25) is 0 Å². The monoisotopic (exact) mass is 331 g/mol. The van der Waals surface area contributed by atoms with E-state index in [0.717, 1.165) is 16.6 Å². The van der Waals surface area contributed by atoms with Crippen LogP contribution in [0.25, 0.3) is 11.5 Å². The summed E-state index contributed by atoms with van der Waals surface area (Å²) in [7, 11) is 0. The van der Waals surface area contributed by atoms with Crippen LogP contribution in [0.1, 0.15) is 36.3 Å². The summed E-state index contributed by atoms with van der Waals surface area (Å²) >= 11 is 3.35. The zero-order chi connectivity index (χ0) is 14.3. The van der Waals surface area contributed by atoms with Gasteiger partial charge in [-0.2, -0.15) is 0 Å². The number of rotatable bonds is 1. The summed E-state index contributed by atoms with van der Waals surface area (Å²) in [5, 5.41) is 0. The lowest BCUT2D eigenvalue weighted by Crippen LogP contribution is -2.28. The van der Waals surface area contributed by atoms with Crippen LogP contribution in [-0.4, -0.2) is 20.7 Å². The molecule has 2 aromatic rings. The molecule has 5 heteroatoms. The standard InChI is InChI=1S/C15H14BrN3O/c1-15(2)5-12-10(13(20)6-15)8-18-14(19-12)11-4-3-9(16)7-17-11/h3-4,7-8H,5-6H2,1-2H3. The van der Waals surface area contributed by atoms with E-state index in [-0.39, 0.29) is 11.2 Å². The molecule has 20 heavy (non-hydrogen) atoms. The van der Waals surface area contributed by atoms with Crippen LogP contribution in [0.15, 0.2) is 29.0 Å². The van der Waals surface area contributed by atoms with Gasteiger partial charge in [-0.3, -0.25) is 9.78 Å². The van der Waals surface area contributed by atoms with Crippen LogP contribution < -0.4 is 0 Å². The molecular formula is C15H14BrN3O. The third-order valence-electron chi connectivity index (χ3n) is 3.41. The quantitative estimate of drug-likeness (QED) is 0.802. The van der Waals surface area contributed by atoms with Crippen LogP contribution in [0.3, 0.4) is 0 Å². The molecule has 3 rings (SSSR count). The molecule has 0 spiro atoms. The fraction of sp³-hybridized carbons (Fsp3) is 0.333. The maximum absolute atomic E-state index is 12.1. The number of carbonyl (C=O) groups excluding carboxylic acids is 1. The molecule has 0 radical (unpaired) electrons. The fourth-order valence-electron chi connectivity index (χ4n) is 2.46. The van der Waals surface area contributed by atoms with Crippen molar-refractivity contribution in [3.05, 3.63) is 40.3 Å². The van der Waals surface area contributed by atoms with Gasteiger partial charge in [0.05, 0.1) is 11.3 Å². The minimum Gasteiger partial charge on any atom is -0.294 e. The molecule has 1 aliphatic carbocycles. The van der Waals surface area contributed by atoms with Gasteiger partial charge in [-0.05, 0) is 39.9 Å². The number of carbonyl (C=O) groups is 1. The summed E-state index contributed by atoms with van der Waals surface area (Å²) in [5.41, 5.74) is 2.17. The van der Waals surface area contributed by atoms with Gasteiger partial charge in [0.1, 0.15) is 5.69 Å². The molecular weight excluding hydrogens is 318 g/mol. The Morgan fingerprint density at radius 2 is 1.95 bits per heavy atom. The summed E-state index contributed by atoms with van der Waals surface area (Å²) in [6, 6.07) is 3.77. The number of hydrogen-bond donors (Lipinski definition) is 0. The SMILES string of the molecule is CC1(C)CC(=O)c2cnc(-c3ccc(Br)cn3)nc2C1. The minimum absolute atomic E-state index is 0.0388. The van der Waals surface area contributed by atoms with Crippen molar-refractivity contribution in [3.63, 3.8) is 0 Å². The molecule has 0 amide bonds. The zero-order valence-corrected chi connectivity index (χ0v) is 12.9. The lowest BCUT2D eigenvalue weighted by Gasteiger charge is -2.29. The lowest BCUT2D eigenvalue weighted by atomic mass is 9.76. The van der Waals surface area contributed by atoms with Crippen molar-refractivity contribution in [1.82, 2.24) is 15.0 Å². The van der Waals surface area contributed by atoms with E-state index in [2.05, 4.69) is 44.7 Å². The average Bonchev–Trinajstić information content (AvgIpc) is 2.37. The molecule has 0 unspecified atom stereocenters. The van der Waals surface area contributed by atoms with E-state index in [1.807, 2.05) is 12.1 Å². The van der Waals surface area contributed by atoms with Gasteiger partial charge in [0.15, 0.2) is 11.6 Å². The van der Waals surface area contributed by atoms with E-state index in [1.165, 1.54) is 0 Å². The summed E-state index contributed by atoms with van der Waals surface area (Å²) in [4.78, 5) is 25.2. The Hall–Kier alpha value is -1.62. The highest BCUT2D eigenvalue weighted by atomic mass is 79.9. The molecule has 0 fully saturated rings. The third-order valence-corrected chi connectivity index (χ3v) is 3.88. The molecule has 0 atom stereocenters. The Morgan fingerprint density at radius 1 is 1.15 bits per heavy atom. The highest BCUT2D eigenvalue weighted by molar-refractivity contribution is 9.10. The van der Waals surface area contributed by atoms with Gasteiger partial charge in [-0.15, -0.1) is 0 Å². The molecule has 2 aromatic heterocycles. The molecule has 0 saturated heterocycles. The molecule has 4 nitrogen and oxygen atoms in total. The fourth-order valence-corrected chi connectivity index (χ4v) is 2.70. The van der Waals surface area contributed by atoms with Crippen molar-refractivity contribution in [2.75, 3.05) is 0 Å². The van der Waals surface area contributed by atoms with Gasteiger partial charge >= 0.3 is 0 Å². The number of ketones is 1. The van der Waals surface area contributed by atoms with E-state index in [0.29, 0.717) is 23.5 Å². The first-order valence-electron chi connectivity index (χ1n) is 6.46. The van der Waals surface area contributed by atoms with E-state index < -0.39 is 0 Å². The number of nitrogens with zero attached hydrogens (tertiary/aromatic N) is 3. The first-order chi connectivity index (χ1) is 9.44. The number of aromatic nitrogens is 3. The predicted octanol–water partition coefficient (Wildman–Crippen LogP) is 3.46. The first-order valence-corrected chi connectivity index (χ1v) is 7.25. The summed E-state index contributed by atoms with van der Waals surface area (Å²) in [5.74, 6) is 0.702. The molecule has 0 N–H and O–H groups in total. The lowest BCUT2D eigenvalue weighted by molar-refractivity contribution is 0.0910. The van der Waals surface area contributed by atoms with Crippen molar-refractivity contribution in [1.29, 1.82) is 0 Å². The van der Waals surface area contributed by atoms with Crippen LogP contribution in [-0.2, 0) is 6.42 Å². The summed E-state index contributed by atoms with van der Waals surface area (Å²) in [6.45, 7) is 4.18. The second-order valence-corrected chi connectivity index (χ2v) is 6.77. The molecule has 0 bridgehead atoms. The van der Waals surface area contributed by atoms with Gasteiger partial charge in [0.2, 0.25) is 0 Å². The zero-order valence-electron chi connectivity index (χ0n) is 11.4. The second-order valence-electron chi connectivity index (χ2n) is 5.86. The van der Waals surface area contributed by atoms with E-state index >= 15 is 0 Å². The van der Waals surface area contributed by atoms with Gasteiger partial charge < -0.3 is 0 Å². The normalized spacial score (nSPS) is 16.9. The smallest absolute Gasteiger partial charge is 0.178 e. The minimum atomic E-state index is -0.0388. The molecule has 0 saturated carbocycles. The Balaban J connectivity index is 2.05. The van der Waals surface area contributed by atoms with E-state index in [9.17, 15) is 4.79 Å². The Morgan fingerprint density at radius 3 is 2.65 bits per heavy atom. The Labute approximate surface area is 125 Å². The van der Waals surface area contributed by atoms with Gasteiger partial charge in [0, 0.05) is 23.3 Å². The van der Waals surface area contributed by atoms with Crippen LogP contribution in [0.4, 0.5) is 0 Å². The van der Waals surface area contributed by atoms with Crippen LogP contribution >= 0.6 is 15.9 Å². The third kappa shape index (κ3) is 2.50. The Kier molecular flexibility index (Phi) is 3.17. The molecule has 1 aliphatic rings. The maximum atomic E-state index is 12.1. The van der Waals surface area contributed by atoms with E-state index in [1.54, 1.807) is 12.4 Å². The average molecular weight is 332 g/mol. The number of fused-ring (bicyclic) bond motifs is 1. The van der Waals surface area contributed by atoms with Crippen molar-refractivity contribution in [3.8, 4) is 11.5 Å². The van der Waals surface area contributed by atoms with Crippen molar-refractivity contribution in [2.24, 2.45) is 5.41 Å². The van der Waals surface area contributed by atoms with Gasteiger partial charge in [-0.25, -0.2) is 9.97 Å². The molecule has 2 heterocycles. The number of hydrogen-bond acceptors (Lipinski definition) is 4. The topological polar surface area (TPSA) is 55.7 Å². The predicted molar refractivity (Wildman–Crippen MR) is 79.4 cm³/mol. The summed E-state index contributed by atoms with van der Waals surface area (Å²) in [6.07, 6.45) is 4.70. The van der Waals surface area contributed by atoms with Crippen molar-refractivity contribution >= 4 is 21.7 Å². The molecule has 0 aliphatic heterocycles. The highest BCUT2D eigenvalue weighted by Crippen LogP contribution is 2.34. The number of halogens is 1. The van der Waals surface area contributed by atoms with Crippen LogP contribution in [0.5, 0.6) is 0 Å². The summed E-state index contributed by atoms with van der Waals surface area (Å²) < 4.78 is 0.913. The first kappa shape index (κ1) is 13.4. The largest absolute Gasteiger partial charge is 0.294 e. The maximum Gasteiger partial charge on any atom is 0.178 e. The van der Waals surface area contributed by atoms with E-state index in [4.69, 9.17) is 0 Å². The van der Waals surface area contributed by atoms with Gasteiger partial charge in [0.25, 0.3) is 0 Å². The Bertz CT molecular complexity index is 680.